The number of aliphatic hydroxyl groups is 1. The van der Waals surface area contributed by atoms with Gasteiger partial charge in [0.05, 0.1) is 22.1 Å². The summed E-state index contributed by atoms with van der Waals surface area (Å²) in [5.41, 5.74) is -2.52. The molecule has 0 bridgehead atoms. The Balaban J connectivity index is 2.38. The molecule has 0 aromatic heterocycles. The minimum Gasteiger partial charge on any atom is -0.367 e. The minimum absolute atomic E-state index is 0.442. The molecule has 0 spiro atoms. The van der Waals surface area contributed by atoms with Crippen molar-refractivity contribution in [2.45, 2.75) is 22.9 Å². The van der Waals surface area contributed by atoms with E-state index < -0.39 is 54.4 Å². The van der Waals surface area contributed by atoms with Gasteiger partial charge in [-0.3, -0.25) is 4.79 Å². The highest BCUT2D eigenvalue weighted by Crippen LogP contribution is 2.34. The Labute approximate surface area is 156 Å². The first-order chi connectivity index (χ1) is 12.8. The summed E-state index contributed by atoms with van der Waals surface area (Å²) < 4.78 is 76.9. The molecule has 0 aliphatic rings. The monoisotopic (exact) mass is 416 g/mol. The zero-order chi connectivity index (χ0) is 21.3. The van der Waals surface area contributed by atoms with Crippen LogP contribution in [0.3, 0.4) is 0 Å². The number of halogens is 4. The summed E-state index contributed by atoms with van der Waals surface area (Å²) in [6.45, 7) is 0.634. The number of alkyl halides is 3. The van der Waals surface area contributed by atoms with Crippen molar-refractivity contribution in [3.05, 3.63) is 59.4 Å². The summed E-state index contributed by atoms with van der Waals surface area (Å²) in [5.74, 6) is -2.28. The van der Waals surface area contributed by atoms with Gasteiger partial charge in [-0.15, -0.1) is 0 Å². The van der Waals surface area contributed by atoms with E-state index in [0.717, 1.165) is 36.4 Å². The average molecular weight is 416 g/mol. The molecule has 0 saturated carbocycles. The van der Waals surface area contributed by atoms with Gasteiger partial charge in [0.2, 0.25) is 14.8 Å². The average Bonchev–Trinajstić information content (AvgIpc) is 2.61. The quantitative estimate of drug-likeness (QED) is 0.589. The number of sulfone groups is 1. The zero-order valence-corrected chi connectivity index (χ0v) is 14.9. The van der Waals surface area contributed by atoms with Crippen LogP contribution in [0.2, 0.25) is 0 Å². The Morgan fingerprint density at radius 2 is 1.71 bits per heavy atom. The maximum Gasteiger partial charge on any atom is 0.417 e. The van der Waals surface area contributed by atoms with Crippen LogP contribution < -0.4 is 5.32 Å². The molecule has 148 valence electrons. The molecule has 6 nitrogen and oxygen atoms in total. The lowest BCUT2D eigenvalue weighted by atomic mass is 10.1. The fourth-order valence-electron chi connectivity index (χ4n) is 2.17. The highest BCUT2D eigenvalue weighted by Gasteiger charge is 2.46. The molecule has 1 amide bonds. The molecule has 0 aliphatic heterocycles. The predicted molar refractivity (Wildman–Crippen MR) is 89.0 cm³/mol. The van der Waals surface area contributed by atoms with E-state index in [2.05, 4.69) is 0 Å². The summed E-state index contributed by atoms with van der Waals surface area (Å²) >= 11 is 0. The van der Waals surface area contributed by atoms with Crippen LogP contribution in [0.15, 0.2) is 47.4 Å². The van der Waals surface area contributed by atoms with Crippen molar-refractivity contribution in [3.8, 4) is 6.07 Å². The molecule has 2 aromatic carbocycles. The van der Waals surface area contributed by atoms with E-state index in [4.69, 9.17) is 5.26 Å². The number of carbonyl (C=O) groups is 1. The second kappa shape index (κ2) is 7.21. The Morgan fingerprint density at radius 1 is 1.14 bits per heavy atom. The minimum atomic E-state index is -4.89. The van der Waals surface area contributed by atoms with Gasteiger partial charge in [-0.25, -0.2) is 12.8 Å². The van der Waals surface area contributed by atoms with Gasteiger partial charge in [0.25, 0.3) is 5.91 Å². The van der Waals surface area contributed by atoms with Crippen LogP contribution in [0.25, 0.3) is 0 Å². The second-order valence-corrected chi connectivity index (χ2v) is 8.04. The van der Waals surface area contributed by atoms with E-state index in [1.807, 2.05) is 5.32 Å². The number of hydrogen-bond donors (Lipinski definition) is 2. The van der Waals surface area contributed by atoms with E-state index >= 15 is 0 Å². The number of nitrogens with zero attached hydrogens (tertiary/aromatic N) is 1. The molecule has 0 heterocycles. The second-order valence-electron chi connectivity index (χ2n) is 5.76. The van der Waals surface area contributed by atoms with Crippen molar-refractivity contribution in [2.75, 3.05) is 5.32 Å². The highest BCUT2D eigenvalue weighted by atomic mass is 32.2. The smallest absolute Gasteiger partial charge is 0.367 e. The third kappa shape index (κ3) is 3.97. The van der Waals surface area contributed by atoms with Crippen LogP contribution in [0.5, 0.6) is 0 Å². The Bertz CT molecular complexity index is 1060. The number of nitriles is 1. The van der Waals surface area contributed by atoms with Crippen LogP contribution in [-0.2, 0) is 20.8 Å². The molecule has 2 N–H and O–H groups in total. The molecule has 0 aliphatic carbocycles. The van der Waals surface area contributed by atoms with Crippen molar-refractivity contribution >= 4 is 21.4 Å². The first-order valence-corrected chi connectivity index (χ1v) is 8.94. The molecular formula is C17H12F4N2O4S. The van der Waals surface area contributed by atoms with E-state index in [9.17, 15) is 35.9 Å². The summed E-state index contributed by atoms with van der Waals surface area (Å²) in [7, 11) is -4.72. The molecule has 11 heteroatoms. The van der Waals surface area contributed by atoms with Crippen LogP contribution in [-0.4, -0.2) is 24.4 Å². The lowest BCUT2D eigenvalue weighted by Gasteiger charge is -2.23. The largest absolute Gasteiger partial charge is 0.417 e. The van der Waals surface area contributed by atoms with Gasteiger partial charge in [-0.05, 0) is 49.4 Å². The standard InChI is InChI=1S/C17H12F4N2O4S/c1-16(25,28(26,27)13-6-3-11(18)4-7-13)15(24)23-12-5-2-10(9-22)14(8-12)17(19,20)21/h2-8,25H,1H3,(H,23,24). The first-order valence-electron chi connectivity index (χ1n) is 7.46. The van der Waals surface area contributed by atoms with Crippen LogP contribution in [0.4, 0.5) is 23.2 Å². The number of nitrogens with one attached hydrogen (secondary N) is 1. The number of benzene rings is 2. The number of hydrogen-bond acceptors (Lipinski definition) is 5. The number of rotatable bonds is 4. The first kappa shape index (κ1) is 21.3. The van der Waals surface area contributed by atoms with E-state index in [0.29, 0.717) is 13.0 Å². The van der Waals surface area contributed by atoms with Crippen LogP contribution in [0, 0.1) is 17.1 Å². The summed E-state index contributed by atoms with van der Waals surface area (Å²) in [6.07, 6.45) is -4.89. The van der Waals surface area contributed by atoms with Gasteiger partial charge < -0.3 is 10.4 Å². The molecule has 2 aromatic rings. The van der Waals surface area contributed by atoms with E-state index in [-0.39, 0.29) is 0 Å². The molecule has 0 radical (unpaired) electrons. The third-order valence-electron chi connectivity index (χ3n) is 3.77. The van der Waals surface area contributed by atoms with E-state index in [1.54, 1.807) is 0 Å². The fraction of sp³-hybridized carbons (Fsp3) is 0.176. The zero-order valence-electron chi connectivity index (χ0n) is 14.1. The number of anilines is 1. The van der Waals surface area contributed by atoms with Gasteiger partial charge in [0.15, 0.2) is 0 Å². The predicted octanol–water partition coefficient (Wildman–Crippen LogP) is 2.84. The molecular weight excluding hydrogens is 404 g/mol. The fourth-order valence-corrected chi connectivity index (χ4v) is 3.41. The topological polar surface area (TPSA) is 107 Å². The molecule has 1 unspecified atom stereocenters. The van der Waals surface area contributed by atoms with Gasteiger partial charge in [0.1, 0.15) is 5.82 Å². The van der Waals surface area contributed by atoms with Crippen molar-refractivity contribution in [1.82, 2.24) is 0 Å². The number of amides is 1. The summed E-state index contributed by atoms with van der Waals surface area (Å²) in [4.78, 5) is 8.64. The Kier molecular flexibility index (Phi) is 5.50. The summed E-state index contributed by atoms with van der Waals surface area (Å²) in [5, 5.41) is 20.9. The maximum absolute atomic E-state index is 13.0. The lowest BCUT2D eigenvalue weighted by Crippen LogP contribution is -2.47. The van der Waals surface area contributed by atoms with Crippen molar-refractivity contribution < 1.29 is 35.9 Å². The van der Waals surface area contributed by atoms with Gasteiger partial charge in [0, 0.05) is 5.69 Å². The van der Waals surface area contributed by atoms with Crippen molar-refractivity contribution in [3.63, 3.8) is 0 Å². The molecule has 28 heavy (non-hydrogen) atoms. The van der Waals surface area contributed by atoms with Crippen molar-refractivity contribution in [2.24, 2.45) is 0 Å². The molecule has 0 saturated heterocycles. The lowest BCUT2D eigenvalue weighted by molar-refractivity contribution is -0.137. The molecule has 1 atom stereocenters. The molecule has 2 rings (SSSR count). The van der Waals surface area contributed by atoms with E-state index in [1.165, 1.54) is 6.07 Å². The SMILES string of the molecule is CC(O)(C(=O)Nc1ccc(C#N)c(C(F)(F)F)c1)S(=O)(=O)c1ccc(F)cc1. The normalized spacial score (nSPS) is 14.0. The third-order valence-corrected chi connectivity index (χ3v) is 5.90. The van der Waals surface area contributed by atoms with Gasteiger partial charge in [-0.2, -0.15) is 18.4 Å². The highest BCUT2D eigenvalue weighted by molar-refractivity contribution is 7.93. The Morgan fingerprint density at radius 3 is 2.21 bits per heavy atom. The maximum atomic E-state index is 13.0. The van der Waals surface area contributed by atoms with Gasteiger partial charge in [-0.1, -0.05) is 0 Å². The van der Waals surface area contributed by atoms with Crippen LogP contribution >= 0.6 is 0 Å². The molecule has 0 fully saturated rings. The van der Waals surface area contributed by atoms with Crippen LogP contribution in [0.1, 0.15) is 18.1 Å². The van der Waals surface area contributed by atoms with Gasteiger partial charge >= 0.3 is 6.18 Å². The Hall–Kier alpha value is -2.97. The summed E-state index contributed by atoms with van der Waals surface area (Å²) in [6, 6.07) is 6.80. The van der Waals surface area contributed by atoms with Crippen molar-refractivity contribution in [1.29, 1.82) is 5.26 Å². The number of carbonyl (C=O) groups excluding carboxylic acids is 1.